The van der Waals surface area contributed by atoms with E-state index in [1.54, 1.807) is 0 Å². The van der Waals surface area contributed by atoms with Crippen LogP contribution in [0.3, 0.4) is 0 Å². The van der Waals surface area contributed by atoms with Gasteiger partial charge in [0.25, 0.3) is 0 Å². The average molecular weight is 213 g/mol. The Morgan fingerprint density at radius 2 is 1.93 bits per heavy atom. The van der Waals surface area contributed by atoms with Crippen LogP contribution in [0, 0.1) is 0 Å². The molecule has 15 heavy (non-hydrogen) atoms. The Morgan fingerprint density at radius 1 is 1.40 bits per heavy atom. The zero-order chi connectivity index (χ0) is 11.5. The molecule has 0 aromatic carbocycles. The van der Waals surface area contributed by atoms with E-state index in [2.05, 4.69) is 11.9 Å². The monoisotopic (exact) mass is 213 g/mol. The molecule has 0 unspecified atom stereocenters. The summed E-state index contributed by atoms with van der Waals surface area (Å²) in [4.78, 5) is 13.4. The number of aliphatic hydroxyl groups is 1. The fourth-order valence-electron chi connectivity index (χ4n) is 2.00. The predicted octanol–water partition coefficient (Wildman–Crippen LogP) is 1.59. The van der Waals surface area contributed by atoms with E-state index in [9.17, 15) is 9.90 Å². The molecule has 0 aliphatic heterocycles. The normalized spacial score (nSPS) is 19.9. The van der Waals surface area contributed by atoms with Crippen molar-refractivity contribution in [3.8, 4) is 0 Å². The maximum Gasteiger partial charge on any atom is 0.133 e. The van der Waals surface area contributed by atoms with Gasteiger partial charge in [0.2, 0.25) is 0 Å². The standard InChI is InChI=1S/C12H23NO2/c1-12(2,15)8-9-13(3)10-4-6-11(14)7-5-10/h10,15H,4-9H2,1-3H3. The van der Waals surface area contributed by atoms with Crippen LogP contribution in [-0.2, 0) is 4.79 Å². The molecule has 1 rings (SSSR count). The van der Waals surface area contributed by atoms with Crippen LogP contribution < -0.4 is 0 Å². The number of hydrogen-bond acceptors (Lipinski definition) is 3. The van der Waals surface area contributed by atoms with Crippen molar-refractivity contribution < 1.29 is 9.90 Å². The van der Waals surface area contributed by atoms with Crippen molar-refractivity contribution >= 4 is 5.78 Å². The summed E-state index contributed by atoms with van der Waals surface area (Å²) in [5.41, 5.74) is -0.585. The molecule has 3 nitrogen and oxygen atoms in total. The van der Waals surface area contributed by atoms with Gasteiger partial charge in [-0.1, -0.05) is 0 Å². The fraction of sp³-hybridized carbons (Fsp3) is 0.917. The zero-order valence-corrected chi connectivity index (χ0v) is 10.1. The number of ketones is 1. The van der Waals surface area contributed by atoms with E-state index in [1.165, 1.54) is 0 Å². The number of hydrogen-bond donors (Lipinski definition) is 1. The third-order valence-corrected chi connectivity index (χ3v) is 3.21. The lowest BCUT2D eigenvalue weighted by atomic mass is 9.93. The van der Waals surface area contributed by atoms with Gasteiger partial charge in [0, 0.05) is 25.4 Å². The number of carbonyl (C=O) groups is 1. The van der Waals surface area contributed by atoms with E-state index >= 15 is 0 Å². The quantitative estimate of drug-likeness (QED) is 0.771. The van der Waals surface area contributed by atoms with E-state index in [1.807, 2.05) is 13.8 Å². The molecule has 1 saturated carbocycles. The minimum Gasteiger partial charge on any atom is -0.390 e. The first-order valence-corrected chi connectivity index (χ1v) is 5.83. The van der Waals surface area contributed by atoms with Crippen molar-refractivity contribution in [2.45, 2.75) is 57.6 Å². The van der Waals surface area contributed by atoms with Gasteiger partial charge >= 0.3 is 0 Å². The summed E-state index contributed by atoms with van der Waals surface area (Å²) in [5.74, 6) is 0.405. The highest BCUT2D eigenvalue weighted by atomic mass is 16.3. The lowest BCUT2D eigenvalue weighted by molar-refractivity contribution is -0.121. The first-order chi connectivity index (χ1) is 6.88. The lowest BCUT2D eigenvalue weighted by Crippen LogP contribution is -2.38. The smallest absolute Gasteiger partial charge is 0.133 e. The first-order valence-electron chi connectivity index (χ1n) is 5.83. The molecule has 0 spiro atoms. The Labute approximate surface area is 92.5 Å². The van der Waals surface area contributed by atoms with Gasteiger partial charge in [-0.25, -0.2) is 0 Å². The van der Waals surface area contributed by atoms with Crippen molar-refractivity contribution in [3.05, 3.63) is 0 Å². The molecule has 1 fully saturated rings. The second-order valence-corrected chi connectivity index (χ2v) is 5.31. The first kappa shape index (κ1) is 12.7. The Hall–Kier alpha value is -0.410. The molecule has 0 aromatic heterocycles. The van der Waals surface area contributed by atoms with Crippen LogP contribution >= 0.6 is 0 Å². The van der Waals surface area contributed by atoms with Crippen LogP contribution in [0.5, 0.6) is 0 Å². The lowest BCUT2D eigenvalue weighted by Gasteiger charge is -2.32. The second-order valence-electron chi connectivity index (χ2n) is 5.31. The molecule has 0 radical (unpaired) electrons. The third-order valence-electron chi connectivity index (χ3n) is 3.21. The fourth-order valence-corrected chi connectivity index (χ4v) is 2.00. The molecule has 0 atom stereocenters. The highest BCUT2D eigenvalue weighted by Gasteiger charge is 2.23. The molecular formula is C12H23NO2. The Bertz CT molecular complexity index is 210. The highest BCUT2D eigenvalue weighted by Crippen LogP contribution is 2.20. The van der Waals surface area contributed by atoms with Crippen LogP contribution in [0.15, 0.2) is 0 Å². The molecular weight excluding hydrogens is 190 g/mol. The zero-order valence-electron chi connectivity index (χ0n) is 10.1. The molecule has 0 aromatic rings. The van der Waals surface area contributed by atoms with Crippen molar-refractivity contribution in [2.75, 3.05) is 13.6 Å². The molecule has 1 aliphatic carbocycles. The van der Waals surface area contributed by atoms with Crippen molar-refractivity contribution in [1.82, 2.24) is 4.90 Å². The molecule has 1 aliphatic rings. The van der Waals surface area contributed by atoms with E-state index < -0.39 is 5.60 Å². The summed E-state index contributed by atoms with van der Waals surface area (Å²) in [6, 6.07) is 0.532. The maximum absolute atomic E-state index is 11.1. The summed E-state index contributed by atoms with van der Waals surface area (Å²) < 4.78 is 0. The van der Waals surface area contributed by atoms with Crippen LogP contribution in [0.25, 0.3) is 0 Å². The Kier molecular flexibility index (Phi) is 4.29. The Balaban J connectivity index is 2.28. The number of carbonyl (C=O) groups excluding carboxylic acids is 1. The van der Waals surface area contributed by atoms with Crippen LogP contribution in [0.2, 0.25) is 0 Å². The van der Waals surface area contributed by atoms with Crippen molar-refractivity contribution in [2.24, 2.45) is 0 Å². The summed E-state index contributed by atoms with van der Waals surface area (Å²) in [5, 5.41) is 9.63. The van der Waals surface area contributed by atoms with Gasteiger partial charge in [-0.15, -0.1) is 0 Å². The number of nitrogens with zero attached hydrogens (tertiary/aromatic N) is 1. The number of Topliss-reactive ketones (excluding diaryl/α,β-unsaturated/α-hetero) is 1. The SMILES string of the molecule is CN(CCC(C)(C)O)C1CCC(=O)CC1. The van der Waals surface area contributed by atoms with Gasteiger partial charge in [-0.3, -0.25) is 4.79 Å². The van der Waals surface area contributed by atoms with Gasteiger partial charge < -0.3 is 10.0 Å². The molecule has 0 amide bonds. The third kappa shape index (κ3) is 4.76. The van der Waals surface area contributed by atoms with Gasteiger partial charge in [0.05, 0.1) is 5.60 Å². The van der Waals surface area contributed by atoms with Gasteiger partial charge in [0.15, 0.2) is 0 Å². The predicted molar refractivity (Wildman–Crippen MR) is 60.8 cm³/mol. The van der Waals surface area contributed by atoms with E-state index in [-0.39, 0.29) is 0 Å². The highest BCUT2D eigenvalue weighted by molar-refractivity contribution is 5.79. The van der Waals surface area contributed by atoms with Crippen molar-refractivity contribution in [1.29, 1.82) is 0 Å². The average Bonchev–Trinajstić information content (AvgIpc) is 2.14. The maximum atomic E-state index is 11.1. The summed E-state index contributed by atoms with van der Waals surface area (Å²) >= 11 is 0. The summed E-state index contributed by atoms with van der Waals surface area (Å²) in [6.45, 7) is 4.58. The minimum absolute atomic E-state index is 0.405. The molecule has 0 saturated heterocycles. The van der Waals surface area contributed by atoms with E-state index in [4.69, 9.17) is 0 Å². The molecule has 0 bridgehead atoms. The van der Waals surface area contributed by atoms with Gasteiger partial charge in [0.1, 0.15) is 5.78 Å². The van der Waals surface area contributed by atoms with Crippen LogP contribution in [-0.4, -0.2) is 41.0 Å². The Morgan fingerprint density at radius 3 is 2.40 bits per heavy atom. The topological polar surface area (TPSA) is 40.5 Å². The molecule has 3 heteroatoms. The van der Waals surface area contributed by atoms with Crippen LogP contribution in [0.1, 0.15) is 46.0 Å². The molecule has 0 heterocycles. The summed E-state index contributed by atoms with van der Waals surface area (Å²) in [7, 11) is 2.09. The largest absolute Gasteiger partial charge is 0.390 e. The van der Waals surface area contributed by atoms with E-state index in [0.717, 1.165) is 38.6 Å². The van der Waals surface area contributed by atoms with Crippen molar-refractivity contribution in [3.63, 3.8) is 0 Å². The summed E-state index contributed by atoms with van der Waals surface area (Å²) in [6.07, 6.45) is 4.23. The van der Waals surface area contributed by atoms with Crippen LogP contribution in [0.4, 0.5) is 0 Å². The van der Waals surface area contributed by atoms with Gasteiger partial charge in [-0.05, 0) is 40.2 Å². The minimum atomic E-state index is -0.585. The second kappa shape index (κ2) is 5.08. The van der Waals surface area contributed by atoms with E-state index in [0.29, 0.717) is 11.8 Å². The number of rotatable bonds is 4. The molecule has 88 valence electrons. The molecule has 1 N–H and O–H groups in total. The van der Waals surface area contributed by atoms with Gasteiger partial charge in [-0.2, -0.15) is 0 Å².